The number of nitro groups is 1. The highest BCUT2D eigenvalue weighted by molar-refractivity contribution is 5.94. The monoisotopic (exact) mass is 294 g/mol. The molecule has 0 saturated heterocycles. The molecule has 1 aromatic carbocycles. The third-order valence-electron chi connectivity index (χ3n) is 2.52. The van der Waals surface area contributed by atoms with Gasteiger partial charge in [0.15, 0.2) is 6.04 Å². The van der Waals surface area contributed by atoms with Crippen molar-refractivity contribution in [2.24, 2.45) is 0 Å². The molecule has 1 unspecified atom stereocenters. The van der Waals surface area contributed by atoms with E-state index in [0.29, 0.717) is 5.56 Å². The van der Waals surface area contributed by atoms with Crippen LogP contribution >= 0.6 is 0 Å². The molecule has 0 saturated carbocycles. The van der Waals surface area contributed by atoms with Gasteiger partial charge in [0.05, 0.1) is 18.6 Å². The molecular formula is C13H14N2O6. The van der Waals surface area contributed by atoms with E-state index in [4.69, 9.17) is 5.11 Å². The molecule has 0 aliphatic heterocycles. The third kappa shape index (κ3) is 5.03. The summed E-state index contributed by atoms with van der Waals surface area (Å²) in [5.41, 5.74) is 0.525. The summed E-state index contributed by atoms with van der Waals surface area (Å²) in [5.74, 6) is -1.35. The number of non-ortho nitro benzene ring substituents is 1. The molecule has 1 aromatic rings. The Balaban J connectivity index is 2.65. The summed E-state index contributed by atoms with van der Waals surface area (Å²) in [4.78, 5) is 32.7. The normalized spacial score (nSPS) is 11.9. The molecule has 0 heterocycles. The number of nitrogens with one attached hydrogen (secondary N) is 1. The molecule has 0 bridgehead atoms. The van der Waals surface area contributed by atoms with Crippen molar-refractivity contribution in [2.75, 3.05) is 13.7 Å². The molecule has 0 aromatic heterocycles. The van der Waals surface area contributed by atoms with Crippen LogP contribution in [0.4, 0.5) is 5.69 Å². The topological polar surface area (TPSA) is 119 Å². The van der Waals surface area contributed by atoms with Crippen LogP contribution in [0.2, 0.25) is 0 Å². The lowest BCUT2D eigenvalue weighted by atomic mass is 10.2. The maximum atomic E-state index is 11.6. The van der Waals surface area contributed by atoms with Crippen LogP contribution in [0.3, 0.4) is 0 Å². The molecule has 0 aliphatic carbocycles. The number of aliphatic hydroxyl groups is 1. The Morgan fingerprint density at radius 1 is 1.43 bits per heavy atom. The number of ether oxygens (including phenoxy) is 1. The first-order valence-electron chi connectivity index (χ1n) is 5.89. The van der Waals surface area contributed by atoms with Crippen LogP contribution in [0.15, 0.2) is 30.3 Å². The van der Waals surface area contributed by atoms with Crippen molar-refractivity contribution in [2.45, 2.75) is 6.04 Å². The second-order valence-corrected chi connectivity index (χ2v) is 3.95. The number of carbonyl (C=O) groups excluding carboxylic acids is 2. The molecule has 1 rings (SSSR count). The van der Waals surface area contributed by atoms with E-state index >= 15 is 0 Å². The van der Waals surface area contributed by atoms with Crippen molar-refractivity contribution >= 4 is 23.6 Å². The highest BCUT2D eigenvalue weighted by Gasteiger charge is 2.19. The number of amides is 1. The number of aliphatic hydroxyl groups excluding tert-OH is 1. The van der Waals surface area contributed by atoms with E-state index in [1.54, 1.807) is 0 Å². The van der Waals surface area contributed by atoms with Crippen molar-refractivity contribution in [3.8, 4) is 0 Å². The summed E-state index contributed by atoms with van der Waals surface area (Å²) in [6, 6.07) is 4.44. The van der Waals surface area contributed by atoms with E-state index in [0.717, 1.165) is 13.2 Å². The first-order valence-corrected chi connectivity index (χ1v) is 5.89. The van der Waals surface area contributed by atoms with Gasteiger partial charge in [0, 0.05) is 18.2 Å². The minimum atomic E-state index is -1.14. The molecule has 1 atom stereocenters. The second kappa shape index (κ2) is 7.75. The first-order chi connectivity index (χ1) is 9.97. The van der Waals surface area contributed by atoms with Crippen molar-refractivity contribution in [1.82, 2.24) is 5.32 Å². The van der Waals surface area contributed by atoms with Crippen molar-refractivity contribution in [3.63, 3.8) is 0 Å². The zero-order chi connectivity index (χ0) is 15.8. The van der Waals surface area contributed by atoms with E-state index in [-0.39, 0.29) is 5.69 Å². The minimum Gasteiger partial charge on any atom is -0.467 e. The first kappa shape index (κ1) is 16.3. The second-order valence-electron chi connectivity index (χ2n) is 3.95. The summed E-state index contributed by atoms with van der Waals surface area (Å²) in [6.07, 6.45) is 2.57. The number of rotatable bonds is 6. The maximum Gasteiger partial charge on any atom is 0.330 e. The summed E-state index contributed by atoms with van der Waals surface area (Å²) >= 11 is 0. The molecule has 1 amide bonds. The zero-order valence-corrected chi connectivity index (χ0v) is 11.2. The molecule has 21 heavy (non-hydrogen) atoms. The fraction of sp³-hybridized carbons (Fsp3) is 0.231. The molecule has 0 fully saturated rings. The Hall–Kier alpha value is -2.74. The molecule has 0 spiro atoms. The number of benzene rings is 1. The smallest absolute Gasteiger partial charge is 0.330 e. The standard InChI is InChI=1S/C13H14N2O6/c1-21-13(18)11(8-16)14-12(17)7-4-9-2-5-10(6-3-9)15(19)20/h2-7,11,16H,8H2,1H3,(H,14,17)/b7-4+. The number of esters is 1. The van der Waals surface area contributed by atoms with Gasteiger partial charge in [-0.05, 0) is 23.8 Å². The third-order valence-corrected chi connectivity index (χ3v) is 2.52. The van der Waals surface area contributed by atoms with Crippen LogP contribution in [-0.2, 0) is 14.3 Å². The van der Waals surface area contributed by atoms with Gasteiger partial charge in [-0.1, -0.05) is 0 Å². The average Bonchev–Trinajstić information content (AvgIpc) is 2.50. The molecule has 0 radical (unpaired) electrons. The Labute approximate surface area is 120 Å². The predicted octanol–water partition coefficient (Wildman–Crippen LogP) is 0.258. The highest BCUT2D eigenvalue weighted by atomic mass is 16.6. The molecule has 2 N–H and O–H groups in total. The fourth-order valence-corrected chi connectivity index (χ4v) is 1.42. The Morgan fingerprint density at radius 3 is 2.52 bits per heavy atom. The lowest BCUT2D eigenvalue weighted by molar-refractivity contribution is -0.384. The van der Waals surface area contributed by atoms with Crippen LogP contribution < -0.4 is 5.32 Å². The highest BCUT2D eigenvalue weighted by Crippen LogP contribution is 2.12. The zero-order valence-electron chi connectivity index (χ0n) is 11.2. The number of methoxy groups -OCH3 is 1. The van der Waals surface area contributed by atoms with Crippen molar-refractivity contribution < 1.29 is 24.4 Å². The van der Waals surface area contributed by atoms with Gasteiger partial charge in [0.25, 0.3) is 5.69 Å². The van der Waals surface area contributed by atoms with Crippen LogP contribution in [0.1, 0.15) is 5.56 Å². The number of carbonyl (C=O) groups is 2. The minimum absolute atomic E-state index is 0.0531. The van der Waals surface area contributed by atoms with E-state index < -0.39 is 29.4 Å². The van der Waals surface area contributed by atoms with E-state index in [1.807, 2.05) is 0 Å². The maximum absolute atomic E-state index is 11.6. The van der Waals surface area contributed by atoms with Gasteiger partial charge in [-0.2, -0.15) is 0 Å². The molecular weight excluding hydrogens is 280 g/mol. The molecule has 8 nitrogen and oxygen atoms in total. The summed E-state index contributed by atoms with van der Waals surface area (Å²) in [6.45, 7) is -0.580. The van der Waals surface area contributed by atoms with Gasteiger partial charge in [0.1, 0.15) is 0 Å². The van der Waals surface area contributed by atoms with Crippen molar-refractivity contribution in [1.29, 1.82) is 0 Å². The van der Waals surface area contributed by atoms with Gasteiger partial charge < -0.3 is 15.2 Å². The Morgan fingerprint density at radius 2 is 2.05 bits per heavy atom. The van der Waals surface area contributed by atoms with Crippen LogP contribution in [0, 0.1) is 10.1 Å². The van der Waals surface area contributed by atoms with Crippen LogP contribution in [-0.4, -0.2) is 41.7 Å². The average molecular weight is 294 g/mol. The Bertz CT molecular complexity index is 552. The molecule has 0 aliphatic rings. The van der Waals surface area contributed by atoms with Gasteiger partial charge in [-0.15, -0.1) is 0 Å². The molecule has 112 valence electrons. The van der Waals surface area contributed by atoms with Gasteiger partial charge >= 0.3 is 5.97 Å². The lowest BCUT2D eigenvalue weighted by Crippen LogP contribution is -2.43. The van der Waals surface area contributed by atoms with E-state index in [1.165, 1.54) is 30.3 Å². The molecule has 8 heteroatoms. The van der Waals surface area contributed by atoms with E-state index in [2.05, 4.69) is 10.1 Å². The summed E-state index contributed by atoms with van der Waals surface area (Å²) in [7, 11) is 1.14. The number of nitro benzene ring substituents is 1. The van der Waals surface area contributed by atoms with Gasteiger partial charge in [-0.3, -0.25) is 14.9 Å². The lowest BCUT2D eigenvalue weighted by Gasteiger charge is -2.11. The van der Waals surface area contributed by atoms with E-state index in [9.17, 15) is 19.7 Å². The van der Waals surface area contributed by atoms with Gasteiger partial charge in [-0.25, -0.2) is 4.79 Å². The predicted molar refractivity (Wildman–Crippen MR) is 73.2 cm³/mol. The van der Waals surface area contributed by atoms with Crippen LogP contribution in [0.5, 0.6) is 0 Å². The summed E-state index contributed by atoms with van der Waals surface area (Å²) < 4.78 is 4.40. The summed E-state index contributed by atoms with van der Waals surface area (Å²) in [5, 5.41) is 21.7. The number of hydrogen-bond acceptors (Lipinski definition) is 6. The van der Waals surface area contributed by atoms with Crippen LogP contribution in [0.25, 0.3) is 6.08 Å². The SMILES string of the molecule is COC(=O)C(CO)NC(=O)/C=C/c1ccc([N+](=O)[O-])cc1. The Kier molecular flexibility index (Phi) is 6.02. The fourth-order valence-electron chi connectivity index (χ4n) is 1.42. The van der Waals surface area contributed by atoms with Gasteiger partial charge in [0.2, 0.25) is 5.91 Å². The number of hydrogen-bond donors (Lipinski definition) is 2. The quantitative estimate of drug-likeness (QED) is 0.336. The van der Waals surface area contributed by atoms with Crippen molar-refractivity contribution in [3.05, 3.63) is 46.0 Å². The number of nitrogens with zero attached hydrogens (tertiary/aromatic N) is 1. The largest absolute Gasteiger partial charge is 0.467 e.